The second-order valence-electron chi connectivity index (χ2n) is 15.0. The van der Waals surface area contributed by atoms with Gasteiger partial charge in [-0.3, -0.25) is 9.13 Å². The van der Waals surface area contributed by atoms with Gasteiger partial charge in [-0.25, -0.2) is 4.98 Å². The first-order chi connectivity index (χ1) is 29.7. The summed E-state index contributed by atoms with van der Waals surface area (Å²) in [5, 5.41) is 24.0. The molecular formula is C55H33N5. The van der Waals surface area contributed by atoms with Gasteiger partial charge in [-0.1, -0.05) is 140 Å². The quantitative estimate of drug-likeness (QED) is 0.169. The SMILES string of the molecule is N#Cc1cccc(-c2ccccc2-c2ccccc2-c2ccccc2-c2cc(-n3c4ccccc4c4ccccc43)nc(-n3c4ccccc4c4cc(C#N)ccc43)c2)c1. The molecule has 60 heavy (non-hydrogen) atoms. The van der Waals surface area contributed by atoms with Crippen molar-refractivity contribution in [3.63, 3.8) is 0 Å². The molecule has 0 atom stereocenters. The number of benzene rings is 8. The van der Waals surface area contributed by atoms with Crippen LogP contribution in [0.25, 0.3) is 99.8 Å². The van der Waals surface area contributed by atoms with Crippen molar-refractivity contribution in [3.8, 4) is 68.3 Å². The van der Waals surface area contributed by atoms with Crippen molar-refractivity contribution in [2.75, 3.05) is 0 Å². The maximum Gasteiger partial charge on any atom is 0.140 e. The molecule has 11 rings (SSSR count). The minimum absolute atomic E-state index is 0.616. The van der Waals surface area contributed by atoms with Crippen molar-refractivity contribution in [2.45, 2.75) is 0 Å². The molecule has 0 saturated carbocycles. The standard InChI is InChI=1S/C55H33N5/c56-34-36-14-13-15-38(30-36)40-16-1-3-18-42(40)44-20-5-6-21-45(44)43-19-4-2-17-41(43)39-32-54(59-50-25-10-7-22-46(50)47-23-8-11-26-51(47)59)58-55(33-39)60-52-27-12-9-24-48(52)49-31-37(35-57)28-29-53(49)60/h1-33H. The molecule has 0 bridgehead atoms. The fourth-order valence-electron chi connectivity index (χ4n) is 8.99. The summed E-state index contributed by atoms with van der Waals surface area (Å²) < 4.78 is 4.51. The summed E-state index contributed by atoms with van der Waals surface area (Å²) >= 11 is 0. The van der Waals surface area contributed by atoms with Crippen LogP contribution in [0.4, 0.5) is 0 Å². The van der Waals surface area contributed by atoms with Gasteiger partial charge in [0.25, 0.3) is 0 Å². The third kappa shape index (κ3) is 5.57. The number of nitrogens with zero attached hydrogens (tertiary/aromatic N) is 5. The van der Waals surface area contributed by atoms with E-state index in [1.165, 1.54) is 0 Å². The highest BCUT2D eigenvalue weighted by Crippen LogP contribution is 2.43. The van der Waals surface area contributed by atoms with Gasteiger partial charge < -0.3 is 0 Å². The molecule has 5 heteroatoms. The van der Waals surface area contributed by atoms with Crippen molar-refractivity contribution in [1.29, 1.82) is 10.5 Å². The van der Waals surface area contributed by atoms with Crippen molar-refractivity contribution in [2.24, 2.45) is 0 Å². The number of fused-ring (bicyclic) bond motifs is 6. The zero-order valence-corrected chi connectivity index (χ0v) is 32.3. The zero-order valence-electron chi connectivity index (χ0n) is 32.3. The van der Waals surface area contributed by atoms with Crippen LogP contribution < -0.4 is 0 Å². The van der Waals surface area contributed by atoms with Gasteiger partial charge in [0.15, 0.2) is 0 Å². The maximum absolute atomic E-state index is 9.89. The highest BCUT2D eigenvalue weighted by Gasteiger charge is 2.21. The lowest BCUT2D eigenvalue weighted by molar-refractivity contribution is 1.01. The molecule has 0 aliphatic heterocycles. The van der Waals surface area contributed by atoms with Crippen LogP contribution in [0.1, 0.15) is 11.1 Å². The van der Waals surface area contributed by atoms with E-state index in [1.807, 2.05) is 42.5 Å². The van der Waals surface area contributed by atoms with E-state index in [2.05, 4.69) is 179 Å². The number of pyridine rings is 1. The van der Waals surface area contributed by atoms with Crippen LogP contribution in [0.15, 0.2) is 200 Å². The van der Waals surface area contributed by atoms with Gasteiger partial charge in [0.1, 0.15) is 11.6 Å². The molecule has 0 aliphatic carbocycles. The van der Waals surface area contributed by atoms with E-state index in [-0.39, 0.29) is 0 Å². The van der Waals surface area contributed by atoms with E-state index in [1.54, 1.807) is 0 Å². The van der Waals surface area contributed by atoms with Crippen LogP contribution in [0.3, 0.4) is 0 Å². The molecule has 8 aromatic carbocycles. The number of nitriles is 2. The molecule has 0 spiro atoms. The highest BCUT2D eigenvalue weighted by molar-refractivity contribution is 6.11. The van der Waals surface area contributed by atoms with Gasteiger partial charge in [-0.2, -0.15) is 10.5 Å². The fourth-order valence-corrected chi connectivity index (χ4v) is 8.99. The Morgan fingerprint density at radius 2 is 0.717 bits per heavy atom. The van der Waals surface area contributed by atoms with Crippen LogP contribution in [-0.2, 0) is 0 Å². The molecular weight excluding hydrogens is 731 g/mol. The third-order valence-corrected chi connectivity index (χ3v) is 11.6. The first-order valence-electron chi connectivity index (χ1n) is 19.9. The lowest BCUT2D eigenvalue weighted by Crippen LogP contribution is -2.04. The molecule has 0 unspecified atom stereocenters. The monoisotopic (exact) mass is 763 g/mol. The first-order valence-corrected chi connectivity index (χ1v) is 19.9. The Bertz CT molecular complexity index is 3540. The smallest absolute Gasteiger partial charge is 0.140 e. The van der Waals surface area contributed by atoms with Gasteiger partial charge in [0.2, 0.25) is 0 Å². The molecule has 0 aliphatic rings. The van der Waals surface area contributed by atoms with Crippen LogP contribution in [-0.4, -0.2) is 14.1 Å². The number of rotatable bonds is 6. The molecule has 0 radical (unpaired) electrons. The lowest BCUT2D eigenvalue weighted by atomic mass is 9.86. The molecule has 3 heterocycles. The van der Waals surface area contributed by atoms with Crippen LogP contribution >= 0.6 is 0 Å². The molecule has 0 fully saturated rings. The summed E-state index contributed by atoms with van der Waals surface area (Å²) in [6.45, 7) is 0. The van der Waals surface area contributed by atoms with Gasteiger partial charge in [-0.05, 0) is 105 Å². The molecule has 278 valence electrons. The largest absolute Gasteiger partial charge is 0.294 e. The van der Waals surface area contributed by atoms with Crippen molar-refractivity contribution >= 4 is 43.6 Å². The molecule has 0 N–H and O–H groups in total. The van der Waals surface area contributed by atoms with E-state index in [9.17, 15) is 10.5 Å². The summed E-state index contributed by atoms with van der Waals surface area (Å²) in [6, 6.07) is 73.8. The second kappa shape index (κ2) is 14.1. The summed E-state index contributed by atoms with van der Waals surface area (Å²) in [5.41, 5.74) is 13.9. The lowest BCUT2D eigenvalue weighted by Gasteiger charge is -2.19. The van der Waals surface area contributed by atoms with E-state index >= 15 is 0 Å². The first kappa shape index (κ1) is 34.7. The second-order valence-corrected chi connectivity index (χ2v) is 15.0. The topological polar surface area (TPSA) is 70.3 Å². The summed E-state index contributed by atoms with van der Waals surface area (Å²) in [7, 11) is 0. The van der Waals surface area contributed by atoms with E-state index < -0.39 is 0 Å². The van der Waals surface area contributed by atoms with Gasteiger partial charge in [0.05, 0.1) is 45.3 Å². The summed E-state index contributed by atoms with van der Waals surface area (Å²) in [6.07, 6.45) is 0. The molecule has 11 aromatic rings. The Labute approximate surface area is 346 Å². The Hall–Kier alpha value is -8.51. The Kier molecular flexibility index (Phi) is 8.19. The highest BCUT2D eigenvalue weighted by atomic mass is 15.1. The Balaban J connectivity index is 1.19. The fraction of sp³-hybridized carbons (Fsp3) is 0. The van der Waals surface area contributed by atoms with Crippen LogP contribution in [0.2, 0.25) is 0 Å². The van der Waals surface area contributed by atoms with Crippen molar-refractivity contribution in [1.82, 2.24) is 14.1 Å². The normalized spacial score (nSPS) is 11.3. The van der Waals surface area contributed by atoms with Crippen molar-refractivity contribution in [3.05, 3.63) is 211 Å². The van der Waals surface area contributed by atoms with E-state index in [4.69, 9.17) is 4.98 Å². The average Bonchev–Trinajstić information content (AvgIpc) is 3.84. The van der Waals surface area contributed by atoms with E-state index in [0.717, 1.165) is 99.8 Å². The van der Waals surface area contributed by atoms with Gasteiger partial charge in [-0.15, -0.1) is 0 Å². The number of para-hydroxylation sites is 3. The number of hydrogen-bond donors (Lipinski definition) is 0. The minimum Gasteiger partial charge on any atom is -0.294 e. The predicted molar refractivity (Wildman–Crippen MR) is 244 cm³/mol. The molecule has 0 amide bonds. The molecule has 0 saturated heterocycles. The van der Waals surface area contributed by atoms with E-state index in [0.29, 0.717) is 11.1 Å². The summed E-state index contributed by atoms with van der Waals surface area (Å²) in [4.78, 5) is 5.55. The number of aromatic nitrogens is 3. The van der Waals surface area contributed by atoms with Crippen LogP contribution in [0.5, 0.6) is 0 Å². The number of hydrogen-bond acceptors (Lipinski definition) is 3. The molecule has 5 nitrogen and oxygen atoms in total. The average molecular weight is 764 g/mol. The van der Waals surface area contributed by atoms with Gasteiger partial charge in [0, 0.05) is 21.5 Å². The van der Waals surface area contributed by atoms with Gasteiger partial charge >= 0.3 is 0 Å². The third-order valence-electron chi connectivity index (χ3n) is 11.6. The Morgan fingerprint density at radius 1 is 0.317 bits per heavy atom. The predicted octanol–water partition coefficient (Wildman–Crippen LogP) is 13.7. The maximum atomic E-state index is 9.89. The minimum atomic E-state index is 0.616. The molecule has 3 aromatic heterocycles. The Morgan fingerprint density at radius 3 is 1.23 bits per heavy atom. The summed E-state index contributed by atoms with van der Waals surface area (Å²) in [5.74, 6) is 1.57. The van der Waals surface area contributed by atoms with Crippen LogP contribution in [0, 0.1) is 22.7 Å². The van der Waals surface area contributed by atoms with Crippen molar-refractivity contribution < 1.29 is 0 Å². The zero-order chi connectivity index (χ0) is 40.2.